The monoisotopic (exact) mass is 1150 g/mol. The van der Waals surface area contributed by atoms with Crippen LogP contribution in [-0.2, 0) is 39.9 Å². The van der Waals surface area contributed by atoms with E-state index < -0.39 is 159 Å². The number of hydrogen-bond acceptors (Lipinski definition) is 23. The zero-order valence-corrected chi connectivity index (χ0v) is 44.7. The van der Waals surface area contributed by atoms with Gasteiger partial charge in [0.1, 0.15) is 78.1 Å². The molecule has 442 valence electrons. The third-order valence-corrected chi connectivity index (χ3v) is 15.1. The molecule has 5 heterocycles. The molecule has 2 saturated heterocycles. The van der Waals surface area contributed by atoms with Gasteiger partial charge in [-0.25, -0.2) is 4.98 Å². The standard InChI is InChI=1S/C54H65N13O16/c1-23(25-6-4-3-5-7-25)38-48(78)60-31(15-24-8-13-35-30(14-24)62-51(82-35)28-10-9-27-17-29(81-2)12-11-26(27)16-28)47(77)65-39(41(71)32-18-58-53(55)63-32)50(80)66-40(49(79)61-33(21-68)46(76)57-20-37(70)64-38)42(72)34-19-59-54(56)67(34)52-45(75)44(74)43(73)36(22-69)83-52/h3-14,16-17,23,31-34,36,38-45,52,68-69,71-75H,15,18-22H2,1-2H3,(H2,56,59)(H,57,76)(H,60,78)(H,61,79)(H,64,70)(H,65,77)(H,66,80)(H3,55,58,63)/t23?,31-,32?,33+,34?,36-,38+,39+,40-,41?,42?,43-,44+,45+,52+/m1/s1. The molecule has 1 aromatic heterocycles. The van der Waals surface area contributed by atoms with Crippen LogP contribution in [0, 0.1) is 0 Å². The van der Waals surface area contributed by atoms with Crippen molar-refractivity contribution in [2.24, 2.45) is 21.5 Å². The molecule has 18 N–H and O–H groups in total. The number of nitrogens with two attached hydrogens (primary N) is 2. The molecule has 29 heteroatoms. The van der Waals surface area contributed by atoms with Gasteiger partial charge in [0.05, 0.1) is 52.0 Å². The first-order chi connectivity index (χ1) is 39.8. The minimum absolute atomic E-state index is 0.146. The second kappa shape index (κ2) is 25.3. The Morgan fingerprint density at radius 1 is 0.699 bits per heavy atom. The normalized spacial score (nSPS) is 28.9. The van der Waals surface area contributed by atoms with Crippen molar-refractivity contribution in [3.05, 3.63) is 96.1 Å². The number of oxazole rings is 1. The highest BCUT2D eigenvalue weighted by Gasteiger charge is 2.52. The number of hydrogen-bond donors (Lipinski definition) is 16. The van der Waals surface area contributed by atoms with Crippen LogP contribution in [0.5, 0.6) is 5.75 Å². The van der Waals surface area contributed by atoms with Crippen molar-refractivity contribution >= 4 is 69.2 Å². The van der Waals surface area contributed by atoms with Crippen LogP contribution in [0.15, 0.2) is 99.3 Å². The SMILES string of the molecule is COc1ccc2cc(-c3nc4cc(C[C@H]5NC(=O)[C@H](C(C)c6ccccc6)NC(=O)CNC(=O)[C@H](CO)NC(=O)[C@@H](C(O)C6CN=C(N)N6[C@H]6O[C@H](CO)[C@@H](O)[C@H](O)[C@@H]6O)NC(=O)[C@H](C(O)C6CN=C(N)N6)NC5=O)ccc4o3)ccc2c1. The molecule has 6 amide bonds. The van der Waals surface area contributed by atoms with E-state index in [0.29, 0.717) is 33.5 Å². The van der Waals surface area contributed by atoms with Crippen LogP contribution < -0.4 is 53.4 Å². The number of rotatable bonds is 13. The highest BCUT2D eigenvalue weighted by atomic mass is 16.6. The number of nitrogens with zero attached hydrogens (tertiary/aromatic N) is 4. The number of carbonyl (C=O) groups is 6. The Morgan fingerprint density at radius 2 is 1.39 bits per heavy atom. The molecular weight excluding hydrogens is 1090 g/mol. The van der Waals surface area contributed by atoms with Crippen molar-refractivity contribution in [2.75, 3.05) is 40.0 Å². The molecule has 0 bridgehead atoms. The lowest BCUT2D eigenvalue weighted by Gasteiger charge is -2.46. The van der Waals surface area contributed by atoms with Gasteiger partial charge in [-0.1, -0.05) is 55.5 Å². The molecule has 2 fully saturated rings. The molecule has 0 radical (unpaired) electrons. The number of carbonyl (C=O) groups excluding carboxylic acids is 6. The third-order valence-electron chi connectivity index (χ3n) is 15.1. The van der Waals surface area contributed by atoms with E-state index in [4.69, 9.17) is 30.3 Å². The molecule has 5 unspecified atom stereocenters. The van der Waals surface area contributed by atoms with Crippen molar-refractivity contribution < 1.29 is 78.4 Å². The fourth-order valence-electron chi connectivity index (χ4n) is 10.4. The molecule has 0 spiro atoms. The Kier molecular flexibility index (Phi) is 18.0. The van der Waals surface area contributed by atoms with E-state index in [1.165, 1.54) is 0 Å². The third kappa shape index (κ3) is 12.8. The maximum absolute atomic E-state index is 15.1. The summed E-state index contributed by atoms with van der Waals surface area (Å²) in [5.41, 5.74) is 14.5. The summed E-state index contributed by atoms with van der Waals surface area (Å²) in [5, 5.41) is 96.4. The van der Waals surface area contributed by atoms with Crippen molar-refractivity contribution in [3.63, 3.8) is 0 Å². The van der Waals surface area contributed by atoms with Crippen LogP contribution in [0.4, 0.5) is 0 Å². The molecule has 9 rings (SSSR count). The highest BCUT2D eigenvalue weighted by molar-refractivity contribution is 5.99. The fourth-order valence-corrected chi connectivity index (χ4v) is 10.4. The quantitative estimate of drug-likeness (QED) is 0.0522. The van der Waals surface area contributed by atoms with Gasteiger partial charge >= 0.3 is 0 Å². The van der Waals surface area contributed by atoms with Gasteiger partial charge in [0.15, 0.2) is 23.7 Å². The number of benzene rings is 4. The average molecular weight is 1150 g/mol. The second-order valence-corrected chi connectivity index (χ2v) is 20.5. The van der Waals surface area contributed by atoms with Gasteiger partial charge in [0.25, 0.3) is 0 Å². The maximum atomic E-state index is 15.1. The summed E-state index contributed by atoms with van der Waals surface area (Å²) in [4.78, 5) is 101. The van der Waals surface area contributed by atoms with Gasteiger partial charge in [-0.3, -0.25) is 38.8 Å². The van der Waals surface area contributed by atoms with E-state index in [1.807, 2.05) is 36.4 Å². The number of guanidine groups is 2. The number of methoxy groups -OCH3 is 1. The number of ether oxygens (including phenoxy) is 2. The van der Waals surface area contributed by atoms with Gasteiger partial charge in [0.2, 0.25) is 41.3 Å². The lowest BCUT2D eigenvalue weighted by atomic mass is 9.92. The van der Waals surface area contributed by atoms with Gasteiger partial charge in [-0.05, 0) is 58.3 Å². The van der Waals surface area contributed by atoms with Gasteiger partial charge < -0.3 is 103 Å². The predicted octanol–water partition coefficient (Wildman–Crippen LogP) is -5.64. The lowest BCUT2D eigenvalue weighted by Crippen LogP contribution is -2.70. The zero-order valence-electron chi connectivity index (χ0n) is 44.7. The van der Waals surface area contributed by atoms with Crippen molar-refractivity contribution in [1.82, 2.24) is 47.1 Å². The number of aliphatic imine (C=N–C) groups is 2. The van der Waals surface area contributed by atoms with Crippen molar-refractivity contribution in [2.45, 2.75) is 104 Å². The summed E-state index contributed by atoms with van der Waals surface area (Å²) < 4.78 is 17.2. The number of nitrogens with one attached hydrogen (secondary N) is 7. The average Bonchev–Trinajstić information content (AvgIpc) is 4.41. The van der Waals surface area contributed by atoms with E-state index in [-0.39, 0.29) is 24.8 Å². The van der Waals surface area contributed by atoms with Crippen LogP contribution >= 0.6 is 0 Å². The number of aliphatic hydroxyl groups excluding tert-OH is 7. The maximum Gasteiger partial charge on any atom is 0.246 e. The zero-order chi connectivity index (χ0) is 59.4. The van der Waals surface area contributed by atoms with Crippen molar-refractivity contribution in [3.8, 4) is 17.2 Å². The smallest absolute Gasteiger partial charge is 0.246 e. The van der Waals surface area contributed by atoms with E-state index in [1.54, 1.807) is 62.6 Å². The number of amides is 6. The summed E-state index contributed by atoms with van der Waals surface area (Å²) in [6.07, 6.45) is -13.6. The molecule has 5 aromatic rings. The molecule has 29 nitrogen and oxygen atoms in total. The van der Waals surface area contributed by atoms with Crippen molar-refractivity contribution in [1.29, 1.82) is 0 Å². The molecule has 0 saturated carbocycles. The molecule has 4 aliphatic rings. The van der Waals surface area contributed by atoms with E-state index >= 15 is 9.59 Å². The number of aliphatic hydroxyl groups is 7. The first-order valence-corrected chi connectivity index (χ1v) is 26.5. The van der Waals surface area contributed by atoms with Gasteiger partial charge in [0, 0.05) is 17.9 Å². The molecule has 83 heavy (non-hydrogen) atoms. The number of fused-ring (bicyclic) bond motifs is 2. The summed E-state index contributed by atoms with van der Waals surface area (Å²) >= 11 is 0. The van der Waals surface area contributed by atoms with Gasteiger partial charge in [-0.2, -0.15) is 0 Å². The summed E-state index contributed by atoms with van der Waals surface area (Å²) in [6, 6.07) is 12.4. The van der Waals surface area contributed by atoms with Gasteiger partial charge in [-0.15, -0.1) is 0 Å². The minimum atomic E-state index is -2.28. The van der Waals surface area contributed by atoms with Crippen LogP contribution in [-0.4, -0.2) is 218 Å². The summed E-state index contributed by atoms with van der Waals surface area (Å²) in [7, 11) is 1.57. The minimum Gasteiger partial charge on any atom is -0.497 e. The Hall–Kier alpha value is -8.55. The van der Waals surface area contributed by atoms with Crippen LogP contribution in [0.2, 0.25) is 0 Å². The fraction of sp³-hybridized carbons (Fsp3) is 0.426. The molecule has 0 aliphatic carbocycles. The lowest BCUT2D eigenvalue weighted by molar-refractivity contribution is -0.260. The van der Waals surface area contributed by atoms with E-state index in [2.05, 4.69) is 47.2 Å². The summed E-state index contributed by atoms with van der Waals surface area (Å²) in [6.45, 7) is -1.93. The molecule has 15 atom stereocenters. The predicted molar refractivity (Wildman–Crippen MR) is 293 cm³/mol. The molecular formula is C54H65N13O16. The molecule has 4 aromatic carbocycles. The Bertz CT molecular complexity index is 3290. The van der Waals surface area contributed by atoms with E-state index in [0.717, 1.165) is 15.7 Å². The van der Waals surface area contributed by atoms with Crippen LogP contribution in [0.25, 0.3) is 33.3 Å². The first kappa shape index (κ1) is 59.1. The molecule has 4 aliphatic heterocycles. The van der Waals surface area contributed by atoms with Crippen LogP contribution in [0.3, 0.4) is 0 Å². The van der Waals surface area contributed by atoms with Crippen LogP contribution in [0.1, 0.15) is 24.0 Å². The Labute approximate surface area is 472 Å². The Morgan fingerprint density at radius 3 is 2.10 bits per heavy atom. The van der Waals surface area contributed by atoms with E-state index in [9.17, 15) is 54.9 Å². The largest absolute Gasteiger partial charge is 0.497 e. The second-order valence-electron chi connectivity index (χ2n) is 20.5. The highest BCUT2D eigenvalue weighted by Crippen LogP contribution is 2.31. The Balaban J connectivity index is 1.09. The first-order valence-electron chi connectivity index (χ1n) is 26.5. The summed E-state index contributed by atoms with van der Waals surface area (Å²) in [5.74, 6) is -7.28. The topological polar surface area (TPSA) is 453 Å². The number of aromatic nitrogens is 1.